The summed E-state index contributed by atoms with van der Waals surface area (Å²) in [6.07, 6.45) is 0. The van der Waals surface area contributed by atoms with Gasteiger partial charge in [-0.05, 0) is 40.6 Å². The number of thiophene rings is 1. The van der Waals surface area contributed by atoms with Crippen LogP contribution in [0.3, 0.4) is 0 Å². The number of rotatable bonds is 5. The molecule has 1 amide bonds. The minimum absolute atomic E-state index is 0.0864. The third-order valence-corrected chi connectivity index (χ3v) is 5.06. The first-order valence-electron chi connectivity index (χ1n) is 7.72. The van der Waals surface area contributed by atoms with Crippen molar-refractivity contribution in [3.05, 3.63) is 57.0 Å². The van der Waals surface area contributed by atoms with Gasteiger partial charge in [0.2, 0.25) is 0 Å². The molecule has 1 saturated heterocycles. The van der Waals surface area contributed by atoms with Gasteiger partial charge in [0.05, 0.1) is 29.8 Å². The van der Waals surface area contributed by atoms with E-state index in [1.807, 2.05) is 5.38 Å². The van der Waals surface area contributed by atoms with Crippen molar-refractivity contribution in [3.8, 4) is 0 Å². The molecule has 0 bridgehead atoms. The van der Waals surface area contributed by atoms with E-state index in [1.165, 1.54) is 17.7 Å². The van der Waals surface area contributed by atoms with Crippen molar-refractivity contribution in [3.63, 3.8) is 0 Å². The van der Waals surface area contributed by atoms with E-state index in [4.69, 9.17) is 16.3 Å². The lowest BCUT2D eigenvalue weighted by molar-refractivity contribution is 0.0163. The molecule has 1 aliphatic heterocycles. The quantitative estimate of drug-likeness (QED) is 0.880. The topological polar surface area (TPSA) is 41.6 Å². The van der Waals surface area contributed by atoms with Gasteiger partial charge in [-0.1, -0.05) is 11.6 Å². The van der Waals surface area contributed by atoms with Crippen molar-refractivity contribution in [2.75, 3.05) is 32.8 Å². The van der Waals surface area contributed by atoms with E-state index >= 15 is 0 Å². The fraction of sp³-hybridized carbons (Fsp3) is 0.353. The number of carbonyl (C=O) groups is 1. The number of amides is 1. The Kier molecular flexibility index (Phi) is 5.84. The van der Waals surface area contributed by atoms with Crippen molar-refractivity contribution in [1.29, 1.82) is 0 Å². The molecule has 128 valence electrons. The van der Waals surface area contributed by atoms with Crippen LogP contribution in [0.1, 0.15) is 22.0 Å². The van der Waals surface area contributed by atoms with Crippen LogP contribution in [0.25, 0.3) is 0 Å². The molecule has 0 radical (unpaired) electrons. The Morgan fingerprint density at radius 1 is 1.38 bits per heavy atom. The summed E-state index contributed by atoms with van der Waals surface area (Å²) in [7, 11) is 0. The van der Waals surface area contributed by atoms with Crippen LogP contribution >= 0.6 is 22.9 Å². The first-order valence-corrected chi connectivity index (χ1v) is 9.04. The van der Waals surface area contributed by atoms with Crippen molar-refractivity contribution in [1.82, 2.24) is 10.2 Å². The molecule has 1 unspecified atom stereocenters. The molecule has 0 saturated carbocycles. The molecule has 3 rings (SSSR count). The Hall–Kier alpha value is -1.47. The predicted octanol–water partition coefficient (Wildman–Crippen LogP) is 3.34. The first kappa shape index (κ1) is 17.4. The number of ether oxygens (including phenoxy) is 1. The van der Waals surface area contributed by atoms with E-state index in [2.05, 4.69) is 21.7 Å². The highest BCUT2D eigenvalue weighted by Crippen LogP contribution is 2.24. The molecule has 0 spiro atoms. The fourth-order valence-electron chi connectivity index (χ4n) is 2.77. The fourth-order valence-corrected chi connectivity index (χ4v) is 3.73. The van der Waals surface area contributed by atoms with E-state index in [0.29, 0.717) is 19.8 Å². The second-order valence-electron chi connectivity index (χ2n) is 5.56. The van der Waals surface area contributed by atoms with Crippen molar-refractivity contribution in [2.24, 2.45) is 0 Å². The standard InChI is InChI=1S/C17H18ClFN2O2S/c18-15-9-13(19)1-2-14(15)17(22)20-10-16(12-3-8-24-11-12)21-4-6-23-7-5-21/h1-3,8-9,11,16H,4-7,10H2,(H,20,22). The number of hydrogen-bond donors (Lipinski definition) is 1. The number of halogens is 2. The Labute approximate surface area is 149 Å². The monoisotopic (exact) mass is 368 g/mol. The highest BCUT2D eigenvalue weighted by molar-refractivity contribution is 7.07. The van der Waals surface area contributed by atoms with Crippen LogP contribution in [0.2, 0.25) is 5.02 Å². The summed E-state index contributed by atoms with van der Waals surface area (Å²) in [6.45, 7) is 3.50. The molecule has 4 nitrogen and oxygen atoms in total. The van der Waals surface area contributed by atoms with Crippen LogP contribution in [0, 0.1) is 5.82 Å². The second-order valence-corrected chi connectivity index (χ2v) is 6.74. The minimum atomic E-state index is -0.457. The maximum atomic E-state index is 13.1. The number of nitrogens with one attached hydrogen (secondary N) is 1. The summed E-state index contributed by atoms with van der Waals surface area (Å²) in [5.74, 6) is -0.755. The molecule has 2 heterocycles. The van der Waals surface area contributed by atoms with Gasteiger partial charge in [-0.2, -0.15) is 11.3 Å². The highest BCUT2D eigenvalue weighted by Gasteiger charge is 2.24. The first-order chi connectivity index (χ1) is 11.6. The summed E-state index contributed by atoms with van der Waals surface area (Å²) in [6, 6.07) is 5.94. The van der Waals surface area contributed by atoms with Crippen molar-refractivity contribution >= 4 is 28.8 Å². The van der Waals surface area contributed by atoms with Gasteiger partial charge in [0, 0.05) is 19.6 Å². The van der Waals surface area contributed by atoms with Crippen molar-refractivity contribution in [2.45, 2.75) is 6.04 Å². The SMILES string of the molecule is O=C(NCC(c1ccsc1)N1CCOCC1)c1ccc(F)cc1Cl. The van der Waals surface area contributed by atoms with Gasteiger partial charge in [-0.15, -0.1) is 0 Å². The maximum Gasteiger partial charge on any atom is 0.252 e. The van der Waals surface area contributed by atoms with Crippen molar-refractivity contribution < 1.29 is 13.9 Å². The second kappa shape index (κ2) is 8.07. The maximum absolute atomic E-state index is 13.1. The van der Waals surface area contributed by atoms with Gasteiger partial charge in [-0.25, -0.2) is 4.39 Å². The van der Waals surface area contributed by atoms with E-state index in [-0.39, 0.29) is 22.5 Å². The summed E-state index contributed by atoms with van der Waals surface area (Å²) < 4.78 is 18.5. The van der Waals surface area contributed by atoms with Crippen LogP contribution in [0.5, 0.6) is 0 Å². The van der Waals surface area contributed by atoms with Gasteiger partial charge >= 0.3 is 0 Å². The van der Waals surface area contributed by atoms with E-state index < -0.39 is 5.82 Å². The lowest BCUT2D eigenvalue weighted by atomic mass is 10.1. The minimum Gasteiger partial charge on any atom is -0.379 e. The number of carbonyl (C=O) groups excluding carboxylic acids is 1. The summed E-state index contributed by atoms with van der Waals surface area (Å²) >= 11 is 7.60. The van der Waals surface area contributed by atoms with Crippen LogP contribution in [0.15, 0.2) is 35.0 Å². The molecule has 1 aromatic heterocycles. The highest BCUT2D eigenvalue weighted by atomic mass is 35.5. The molecule has 1 N–H and O–H groups in total. The van der Waals surface area contributed by atoms with Crippen LogP contribution in [-0.4, -0.2) is 43.7 Å². The summed E-state index contributed by atoms with van der Waals surface area (Å²) in [5, 5.41) is 7.16. The van der Waals surface area contributed by atoms with Gasteiger partial charge < -0.3 is 10.1 Å². The Bertz CT molecular complexity index is 690. The van der Waals surface area contributed by atoms with Gasteiger partial charge in [0.15, 0.2) is 0 Å². The van der Waals surface area contributed by atoms with Crippen LogP contribution in [0.4, 0.5) is 4.39 Å². The molecule has 7 heteroatoms. The molecular formula is C17H18ClFN2O2S. The normalized spacial score (nSPS) is 16.8. The Balaban J connectivity index is 1.70. The molecule has 24 heavy (non-hydrogen) atoms. The molecule has 1 fully saturated rings. The number of benzene rings is 1. The summed E-state index contributed by atoms with van der Waals surface area (Å²) in [5.41, 5.74) is 1.46. The van der Waals surface area contributed by atoms with E-state index in [9.17, 15) is 9.18 Å². The third kappa shape index (κ3) is 4.13. The zero-order valence-electron chi connectivity index (χ0n) is 13.0. The predicted molar refractivity (Wildman–Crippen MR) is 93.2 cm³/mol. The van der Waals surface area contributed by atoms with E-state index in [1.54, 1.807) is 11.3 Å². The zero-order chi connectivity index (χ0) is 16.9. The largest absolute Gasteiger partial charge is 0.379 e. The molecular weight excluding hydrogens is 351 g/mol. The van der Waals surface area contributed by atoms with E-state index in [0.717, 1.165) is 19.2 Å². The zero-order valence-corrected chi connectivity index (χ0v) is 14.6. The average Bonchev–Trinajstić information content (AvgIpc) is 3.10. The number of nitrogens with zero attached hydrogens (tertiary/aromatic N) is 1. The Morgan fingerprint density at radius 3 is 2.83 bits per heavy atom. The van der Waals surface area contributed by atoms with Crippen LogP contribution in [-0.2, 0) is 4.74 Å². The molecule has 1 atom stereocenters. The van der Waals surface area contributed by atoms with Gasteiger partial charge in [0.1, 0.15) is 5.82 Å². The molecule has 2 aromatic rings. The molecule has 1 aliphatic rings. The Morgan fingerprint density at radius 2 is 2.17 bits per heavy atom. The van der Waals surface area contributed by atoms with Gasteiger partial charge in [-0.3, -0.25) is 9.69 Å². The average molecular weight is 369 g/mol. The lowest BCUT2D eigenvalue weighted by Gasteiger charge is -2.34. The lowest BCUT2D eigenvalue weighted by Crippen LogP contribution is -2.43. The third-order valence-electron chi connectivity index (χ3n) is 4.05. The number of hydrogen-bond acceptors (Lipinski definition) is 4. The van der Waals surface area contributed by atoms with Crippen LogP contribution < -0.4 is 5.32 Å². The number of morpholine rings is 1. The summed E-state index contributed by atoms with van der Waals surface area (Å²) in [4.78, 5) is 14.7. The molecule has 0 aliphatic carbocycles. The molecule has 1 aromatic carbocycles. The van der Waals surface area contributed by atoms with Gasteiger partial charge in [0.25, 0.3) is 5.91 Å². The smallest absolute Gasteiger partial charge is 0.252 e.